The number of hydrogen-bond donors (Lipinski definition) is 1. The van der Waals surface area contributed by atoms with E-state index in [1.54, 1.807) is 0 Å². The summed E-state index contributed by atoms with van der Waals surface area (Å²) in [4.78, 5) is 0. The molecule has 0 aliphatic carbocycles. The first-order valence-electron chi connectivity index (χ1n) is 6.29. The molecule has 1 rings (SSSR count). The van der Waals surface area contributed by atoms with E-state index in [9.17, 15) is 0 Å². The SMILES string of the molecule is C=CCCOCCNCC(C)c1ccccc1. The zero-order valence-electron chi connectivity index (χ0n) is 10.7. The molecule has 2 nitrogen and oxygen atoms in total. The van der Waals surface area contributed by atoms with E-state index >= 15 is 0 Å². The molecule has 2 heteroatoms. The normalized spacial score (nSPS) is 12.3. The molecule has 0 bridgehead atoms. The summed E-state index contributed by atoms with van der Waals surface area (Å²) >= 11 is 0. The van der Waals surface area contributed by atoms with Gasteiger partial charge in [-0.15, -0.1) is 6.58 Å². The van der Waals surface area contributed by atoms with Crippen molar-refractivity contribution in [3.63, 3.8) is 0 Å². The van der Waals surface area contributed by atoms with Crippen LogP contribution in [0.2, 0.25) is 0 Å². The Hall–Kier alpha value is -1.12. The summed E-state index contributed by atoms with van der Waals surface area (Å²) < 4.78 is 5.43. The molecule has 0 heterocycles. The third kappa shape index (κ3) is 6.25. The third-order valence-electron chi connectivity index (χ3n) is 2.71. The summed E-state index contributed by atoms with van der Waals surface area (Å²) in [7, 11) is 0. The standard InChI is InChI=1S/C15H23NO/c1-3-4-11-17-12-10-16-13-14(2)15-8-6-5-7-9-15/h3,5-9,14,16H,1,4,10-13H2,2H3. The van der Waals surface area contributed by atoms with Gasteiger partial charge >= 0.3 is 0 Å². The van der Waals surface area contributed by atoms with Crippen molar-refractivity contribution in [3.05, 3.63) is 48.6 Å². The molecule has 1 atom stereocenters. The van der Waals surface area contributed by atoms with Crippen LogP contribution in [0.3, 0.4) is 0 Å². The molecule has 0 spiro atoms. The fourth-order valence-electron chi connectivity index (χ4n) is 1.63. The van der Waals surface area contributed by atoms with E-state index < -0.39 is 0 Å². The first-order valence-corrected chi connectivity index (χ1v) is 6.29. The van der Waals surface area contributed by atoms with Crippen LogP contribution in [-0.4, -0.2) is 26.3 Å². The molecule has 0 aliphatic rings. The number of rotatable bonds is 9. The van der Waals surface area contributed by atoms with E-state index in [0.29, 0.717) is 5.92 Å². The quantitative estimate of drug-likeness (QED) is 0.523. The second kappa shape index (κ2) is 8.97. The van der Waals surface area contributed by atoms with E-state index in [-0.39, 0.29) is 0 Å². The molecule has 0 saturated carbocycles. The second-order valence-corrected chi connectivity index (χ2v) is 4.21. The molecular weight excluding hydrogens is 210 g/mol. The van der Waals surface area contributed by atoms with Gasteiger partial charge in [0.05, 0.1) is 13.2 Å². The molecule has 0 radical (unpaired) electrons. The van der Waals surface area contributed by atoms with Crippen LogP contribution in [-0.2, 0) is 4.74 Å². The van der Waals surface area contributed by atoms with Crippen LogP contribution in [0.5, 0.6) is 0 Å². The van der Waals surface area contributed by atoms with Crippen molar-refractivity contribution in [3.8, 4) is 0 Å². The summed E-state index contributed by atoms with van der Waals surface area (Å²) in [6.45, 7) is 9.35. The number of hydrogen-bond acceptors (Lipinski definition) is 2. The van der Waals surface area contributed by atoms with Crippen LogP contribution in [0, 0.1) is 0 Å². The number of benzene rings is 1. The monoisotopic (exact) mass is 233 g/mol. The molecule has 1 aromatic rings. The van der Waals surface area contributed by atoms with Gasteiger partial charge in [-0.1, -0.05) is 43.3 Å². The van der Waals surface area contributed by atoms with Gasteiger partial charge in [-0.3, -0.25) is 0 Å². The molecule has 1 aromatic carbocycles. The highest BCUT2D eigenvalue weighted by molar-refractivity contribution is 5.18. The Balaban J connectivity index is 2.05. The fourth-order valence-corrected chi connectivity index (χ4v) is 1.63. The maximum Gasteiger partial charge on any atom is 0.0591 e. The Morgan fingerprint density at radius 2 is 2.06 bits per heavy atom. The Labute approximate surface area is 105 Å². The lowest BCUT2D eigenvalue weighted by Crippen LogP contribution is -2.24. The highest BCUT2D eigenvalue weighted by atomic mass is 16.5. The van der Waals surface area contributed by atoms with Crippen LogP contribution in [0.4, 0.5) is 0 Å². The van der Waals surface area contributed by atoms with Gasteiger partial charge in [0, 0.05) is 13.1 Å². The van der Waals surface area contributed by atoms with Gasteiger partial charge in [0.1, 0.15) is 0 Å². The lowest BCUT2D eigenvalue weighted by Gasteiger charge is -2.12. The van der Waals surface area contributed by atoms with E-state index in [1.165, 1.54) is 5.56 Å². The summed E-state index contributed by atoms with van der Waals surface area (Å²) in [5.74, 6) is 0.546. The minimum absolute atomic E-state index is 0.546. The molecule has 0 aliphatic heterocycles. The summed E-state index contributed by atoms with van der Waals surface area (Å²) in [6.07, 6.45) is 2.81. The topological polar surface area (TPSA) is 21.3 Å². The Bertz CT molecular complexity index is 297. The average Bonchev–Trinajstić information content (AvgIpc) is 2.38. The molecule has 0 amide bonds. The lowest BCUT2D eigenvalue weighted by molar-refractivity contribution is 0.140. The summed E-state index contributed by atoms with van der Waals surface area (Å²) in [5.41, 5.74) is 1.38. The largest absolute Gasteiger partial charge is 0.380 e. The highest BCUT2D eigenvalue weighted by Gasteiger charge is 2.03. The molecule has 17 heavy (non-hydrogen) atoms. The van der Waals surface area contributed by atoms with Crippen molar-refractivity contribution in [1.82, 2.24) is 5.32 Å². The van der Waals surface area contributed by atoms with E-state index in [4.69, 9.17) is 4.74 Å². The Morgan fingerprint density at radius 3 is 2.76 bits per heavy atom. The molecule has 1 N–H and O–H groups in total. The molecule has 0 fully saturated rings. The highest BCUT2D eigenvalue weighted by Crippen LogP contribution is 2.12. The predicted octanol–water partition coefficient (Wildman–Crippen LogP) is 2.97. The van der Waals surface area contributed by atoms with Gasteiger partial charge in [0.15, 0.2) is 0 Å². The smallest absolute Gasteiger partial charge is 0.0591 e. The van der Waals surface area contributed by atoms with Crippen molar-refractivity contribution in [2.45, 2.75) is 19.3 Å². The molecule has 0 saturated heterocycles. The maximum absolute atomic E-state index is 5.43. The van der Waals surface area contributed by atoms with Crippen LogP contribution >= 0.6 is 0 Å². The Morgan fingerprint density at radius 1 is 1.29 bits per heavy atom. The number of nitrogens with one attached hydrogen (secondary N) is 1. The summed E-state index contributed by atoms with van der Waals surface area (Å²) in [6, 6.07) is 10.6. The zero-order valence-corrected chi connectivity index (χ0v) is 10.7. The van der Waals surface area contributed by atoms with Crippen molar-refractivity contribution in [1.29, 1.82) is 0 Å². The van der Waals surface area contributed by atoms with Crippen molar-refractivity contribution in [2.75, 3.05) is 26.3 Å². The van der Waals surface area contributed by atoms with E-state index in [2.05, 4.69) is 49.2 Å². The van der Waals surface area contributed by atoms with Crippen molar-refractivity contribution < 1.29 is 4.74 Å². The first-order chi connectivity index (χ1) is 8.34. The second-order valence-electron chi connectivity index (χ2n) is 4.21. The number of ether oxygens (including phenoxy) is 1. The Kier molecular flexibility index (Phi) is 7.35. The van der Waals surface area contributed by atoms with E-state index in [1.807, 2.05) is 6.08 Å². The average molecular weight is 233 g/mol. The van der Waals surface area contributed by atoms with Gasteiger partial charge in [-0.25, -0.2) is 0 Å². The summed E-state index contributed by atoms with van der Waals surface area (Å²) in [5, 5.41) is 3.41. The van der Waals surface area contributed by atoms with Crippen LogP contribution < -0.4 is 5.32 Å². The minimum Gasteiger partial charge on any atom is -0.380 e. The maximum atomic E-state index is 5.43. The first kappa shape index (κ1) is 13.9. The molecule has 94 valence electrons. The van der Waals surface area contributed by atoms with Gasteiger partial charge in [0.25, 0.3) is 0 Å². The van der Waals surface area contributed by atoms with Crippen LogP contribution in [0.25, 0.3) is 0 Å². The zero-order chi connectivity index (χ0) is 12.3. The molecular formula is C15H23NO. The predicted molar refractivity (Wildman–Crippen MR) is 73.4 cm³/mol. The van der Waals surface area contributed by atoms with Crippen LogP contribution in [0.1, 0.15) is 24.8 Å². The van der Waals surface area contributed by atoms with Gasteiger partial charge in [-0.05, 0) is 17.9 Å². The fraction of sp³-hybridized carbons (Fsp3) is 0.467. The van der Waals surface area contributed by atoms with Gasteiger partial charge < -0.3 is 10.1 Å². The van der Waals surface area contributed by atoms with Crippen molar-refractivity contribution >= 4 is 0 Å². The van der Waals surface area contributed by atoms with Crippen LogP contribution in [0.15, 0.2) is 43.0 Å². The van der Waals surface area contributed by atoms with Crippen molar-refractivity contribution in [2.24, 2.45) is 0 Å². The molecule has 0 aromatic heterocycles. The third-order valence-corrected chi connectivity index (χ3v) is 2.71. The molecule has 1 unspecified atom stereocenters. The minimum atomic E-state index is 0.546. The van der Waals surface area contributed by atoms with Gasteiger partial charge in [0.2, 0.25) is 0 Å². The van der Waals surface area contributed by atoms with E-state index in [0.717, 1.165) is 32.7 Å². The lowest BCUT2D eigenvalue weighted by atomic mass is 10.0. The van der Waals surface area contributed by atoms with Gasteiger partial charge in [-0.2, -0.15) is 0 Å².